The molecule has 0 radical (unpaired) electrons. The zero-order valence-corrected chi connectivity index (χ0v) is 13.6. The van der Waals surface area contributed by atoms with E-state index in [1.165, 1.54) is 11.3 Å². The zero-order chi connectivity index (χ0) is 16.5. The summed E-state index contributed by atoms with van der Waals surface area (Å²) in [5.74, 6) is 0.794. The van der Waals surface area contributed by atoms with Crippen molar-refractivity contribution in [1.82, 2.24) is 4.98 Å². The molecule has 0 aliphatic carbocycles. The van der Waals surface area contributed by atoms with Crippen molar-refractivity contribution >= 4 is 28.3 Å². The fourth-order valence-electron chi connectivity index (χ4n) is 2.45. The van der Waals surface area contributed by atoms with Gasteiger partial charge in [-0.3, -0.25) is 0 Å². The van der Waals surface area contributed by atoms with Crippen LogP contribution in [0.1, 0.15) is 21.8 Å². The van der Waals surface area contributed by atoms with Crippen LogP contribution in [0, 0.1) is 6.92 Å². The Hall–Kier alpha value is -2.86. The molecule has 0 saturated heterocycles. The molecule has 0 amide bonds. The Balaban J connectivity index is 1.49. The van der Waals surface area contributed by atoms with Gasteiger partial charge < -0.3 is 13.6 Å². The molecule has 120 valence electrons. The number of hydrogen-bond donors (Lipinski definition) is 0. The molecule has 0 N–H and O–H groups in total. The predicted molar refractivity (Wildman–Crippen MR) is 89.9 cm³/mol. The first kappa shape index (κ1) is 14.7. The topological polar surface area (TPSA) is 65.5 Å². The molecule has 4 rings (SSSR count). The maximum absolute atomic E-state index is 12.2. The van der Waals surface area contributed by atoms with Gasteiger partial charge in [0.1, 0.15) is 18.0 Å². The zero-order valence-electron chi connectivity index (χ0n) is 12.8. The van der Waals surface area contributed by atoms with Crippen molar-refractivity contribution in [2.45, 2.75) is 13.5 Å². The number of thiazole rings is 1. The van der Waals surface area contributed by atoms with E-state index in [4.69, 9.17) is 13.6 Å². The molecule has 0 bridgehead atoms. The molecule has 24 heavy (non-hydrogen) atoms. The Kier molecular flexibility index (Phi) is 3.66. The minimum Gasteiger partial charge on any atom is -0.462 e. The molecule has 0 unspecified atom stereocenters. The summed E-state index contributed by atoms with van der Waals surface area (Å²) in [4.78, 5) is 16.4. The van der Waals surface area contributed by atoms with Gasteiger partial charge in [-0.1, -0.05) is 18.2 Å². The minimum absolute atomic E-state index is 0.0763. The van der Waals surface area contributed by atoms with E-state index in [1.54, 1.807) is 23.8 Å². The first-order chi connectivity index (χ1) is 11.7. The number of benzene rings is 1. The van der Waals surface area contributed by atoms with Crippen molar-refractivity contribution < 1.29 is 18.4 Å². The first-order valence-electron chi connectivity index (χ1n) is 7.36. The third-order valence-corrected chi connectivity index (χ3v) is 4.58. The van der Waals surface area contributed by atoms with Gasteiger partial charge in [-0.2, -0.15) is 0 Å². The monoisotopic (exact) mass is 339 g/mol. The highest BCUT2D eigenvalue weighted by molar-refractivity contribution is 7.13. The molecular weight excluding hydrogens is 326 g/mol. The summed E-state index contributed by atoms with van der Waals surface area (Å²) >= 11 is 1.34. The lowest BCUT2D eigenvalue weighted by Crippen LogP contribution is -2.05. The summed E-state index contributed by atoms with van der Waals surface area (Å²) in [6.07, 6.45) is 1.57. The predicted octanol–water partition coefficient (Wildman–Crippen LogP) is 4.81. The van der Waals surface area contributed by atoms with Crippen LogP contribution in [0.15, 0.2) is 56.9 Å². The van der Waals surface area contributed by atoms with Crippen molar-refractivity contribution in [1.29, 1.82) is 0 Å². The van der Waals surface area contributed by atoms with Gasteiger partial charge >= 0.3 is 5.97 Å². The van der Waals surface area contributed by atoms with E-state index in [-0.39, 0.29) is 12.3 Å². The molecule has 4 aromatic rings. The van der Waals surface area contributed by atoms with E-state index < -0.39 is 5.97 Å². The molecule has 0 aliphatic heterocycles. The van der Waals surface area contributed by atoms with Crippen LogP contribution in [0.4, 0.5) is 0 Å². The molecule has 6 heteroatoms. The third kappa shape index (κ3) is 2.61. The van der Waals surface area contributed by atoms with Gasteiger partial charge in [0.05, 0.1) is 6.26 Å². The first-order valence-corrected chi connectivity index (χ1v) is 8.24. The third-order valence-electron chi connectivity index (χ3n) is 3.72. The highest BCUT2D eigenvalue weighted by atomic mass is 32.1. The van der Waals surface area contributed by atoms with E-state index in [0.717, 1.165) is 16.5 Å². The molecule has 1 aromatic carbocycles. The number of carbonyl (C=O) groups excluding carboxylic acids is 1. The molecule has 3 aromatic heterocycles. The van der Waals surface area contributed by atoms with Gasteiger partial charge in [-0.05, 0) is 25.1 Å². The van der Waals surface area contributed by atoms with Crippen molar-refractivity contribution in [3.63, 3.8) is 0 Å². The van der Waals surface area contributed by atoms with E-state index in [2.05, 4.69) is 4.98 Å². The SMILES string of the molecule is Cc1c(COC(=O)c2csc(-c3ccco3)n2)oc2ccccc12. The Bertz CT molecular complexity index is 997. The maximum Gasteiger partial charge on any atom is 0.358 e. The number of hydrogen-bond acceptors (Lipinski definition) is 6. The summed E-state index contributed by atoms with van der Waals surface area (Å²) in [7, 11) is 0. The highest BCUT2D eigenvalue weighted by Crippen LogP contribution is 2.27. The Morgan fingerprint density at radius 1 is 1.25 bits per heavy atom. The normalized spacial score (nSPS) is 11.0. The molecule has 0 aliphatic rings. The number of carbonyl (C=O) groups is 1. The smallest absolute Gasteiger partial charge is 0.358 e. The van der Waals surface area contributed by atoms with Crippen molar-refractivity contribution in [3.8, 4) is 10.8 Å². The number of aryl methyl sites for hydroxylation is 1. The van der Waals surface area contributed by atoms with Crippen molar-refractivity contribution in [3.05, 3.63) is 65.1 Å². The quantitative estimate of drug-likeness (QED) is 0.499. The lowest BCUT2D eigenvalue weighted by molar-refractivity contribution is 0.0441. The van der Waals surface area contributed by atoms with Gasteiger partial charge in [-0.15, -0.1) is 11.3 Å². The largest absolute Gasteiger partial charge is 0.462 e. The lowest BCUT2D eigenvalue weighted by atomic mass is 10.1. The molecule has 5 nitrogen and oxygen atoms in total. The van der Waals surface area contributed by atoms with Crippen LogP contribution in [-0.4, -0.2) is 11.0 Å². The van der Waals surface area contributed by atoms with E-state index >= 15 is 0 Å². The number of rotatable bonds is 4. The second-order valence-corrected chi connectivity index (χ2v) is 6.10. The van der Waals surface area contributed by atoms with Gasteiger partial charge in [0, 0.05) is 16.3 Å². The fourth-order valence-corrected chi connectivity index (χ4v) is 3.20. The van der Waals surface area contributed by atoms with E-state index in [1.807, 2.05) is 31.2 Å². The number of aromatic nitrogens is 1. The number of esters is 1. The van der Waals surface area contributed by atoms with E-state index in [9.17, 15) is 4.79 Å². The van der Waals surface area contributed by atoms with E-state index in [0.29, 0.717) is 16.5 Å². The average molecular weight is 339 g/mol. The Morgan fingerprint density at radius 2 is 2.12 bits per heavy atom. The van der Waals surface area contributed by atoms with Gasteiger partial charge in [-0.25, -0.2) is 9.78 Å². The standard InChI is InChI=1S/C18H13NO4S/c1-11-12-5-2-3-6-14(12)23-16(11)9-22-18(20)13-10-24-17(19-13)15-7-4-8-21-15/h2-8,10H,9H2,1H3. The van der Waals surface area contributed by atoms with Gasteiger partial charge in [0.25, 0.3) is 0 Å². The molecule has 0 atom stereocenters. The van der Waals surface area contributed by atoms with Crippen LogP contribution in [0.3, 0.4) is 0 Å². The molecule has 0 saturated carbocycles. The summed E-state index contributed by atoms with van der Waals surface area (Å²) in [5, 5.41) is 3.33. The molecule has 0 fully saturated rings. The second kappa shape index (κ2) is 5.98. The average Bonchev–Trinajstić information content (AvgIpc) is 3.33. The molecular formula is C18H13NO4S. The minimum atomic E-state index is -0.482. The summed E-state index contributed by atoms with van der Waals surface area (Å²) in [6.45, 7) is 2.03. The van der Waals surface area contributed by atoms with Crippen LogP contribution in [0.2, 0.25) is 0 Å². The van der Waals surface area contributed by atoms with Crippen molar-refractivity contribution in [2.75, 3.05) is 0 Å². The van der Waals surface area contributed by atoms with Crippen LogP contribution in [0.5, 0.6) is 0 Å². The Labute approximate surface area is 141 Å². The van der Waals surface area contributed by atoms with Gasteiger partial charge in [0.15, 0.2) is 16.5 Å². The lowest BCUT2D eigenvalue weighted by Gasteiger charge is -2.01. The Morgan fingerprint density at radius 3 is 2.92 bits per heavy atom. The fraction of sp³-hybridized carbons (Fsp3) is 0.111. The van der Waals surface area contributed by atoms with Crippen molar-refractivity contribution in [2.24, 2.45) is 0 Å². The molecule has 0 spiro atoms. The summed E-state index contributed by atoms with van der Waals surface area (Å²) < 4.78 is 16.3. The summed E-state index contributed by atoms with van der Waals surface area (Å²) in [6, 6.07) is 11.3. The van der Waals surface area contributed by atoms with Crippen LogP contribution in [-0.2, 0) is 11.3 Å². The summed E-state index contributed by atoms with van der Waals surface area (Å²) in [5.41, 5.74) is 2.03. The van der Waals surface area contributed by atoms with Crippen LogP contribution >= 0.6 is 11.3 Å². The van der Waals surface area contributed by atoms with Crippen LogP contribution in [0.25, 0.3) is 21.7 Å². The maximum atomic E-state index is 12.2. The van der Waals surface area contributed by atoms with Crippen LogP contribution < -0.4 is 0 Å². The molecule has 3 heterocycles. The highest BCUT2D eigenvalue weighted by Gasteiger charge is 2.17. The second-order valence-electron chi connectivity index (χ2n) is 5.24. The number of furan rings is 2. The number of ether oxygens (including phenoxy) is 1. The number of para-hydroxylation sites is 1. The van der Waals surface area contributed by atoms with Gasteiger partial charge in [0.2, 0.25) is 0 Å². The number of fused-ring (bicyclic) bond motifs is 1. The number of nitrogens with zero attached hydrogens (tertiary/aromatic N) is 1.